The Kier molecular flexibility index (Phi) is 6.05. The molecule has 1 atom stereocenters. The average Bonchev–Trinajstić information content (AvgIpc) is 2.58. The average molecular weight is 331 g/mol. The molecule has 0 radical (unpaired) electrons. The zero-order valence-electron chi connectivity index (χ0n) is 12.7. The summed E-state index contributed by atoms with van der Waals surface area (Å²) in [6.45, 7) is -0.0108. The molecule has 6 heteroatoms. The lowest BCUT2D eigenvalue weighted by Crippen LogP contribution is -2.28. The van der Waals surface area contributed by atoms with Crippen molar-refractivity contribution >= 4 is 22.7 Å². The lowest BCUT2D eigenvalue weighted by atomic mass is 10.2. The van der Waals surface area contributed by atoms with Crippen LogP contribution in [0.1, 0.15) is 15.9 Å². The quantitative estimate of drug-likeness (QED) is 0.821. The molecule has 1 N–H and O–H groups in total. The number of nitrogens with one attached hydrogen (secondary N) is 1. The number of esters is 1. The molecule has 2 aromatic rings. The van der Waals surface area contributed by atoms with Crippen molar-refractivity contribution in [1.82, 2.24) is 5.32 Å². The molecule has 0 aliphatic heterocycles. The fraction of sp³-hybridized carbons (Fsp3) is 0.176. The minimum Gasteiger partial charge on any atom is -0.452 e. The molecule has 0 aromatic heterocycles. The van der Waals surface area contributed by atoms with Crippen LogP contribution in [0.2, 0.25) is 0 Å². The molecule has 2 aromatic carbocycles. The summed E-state index contributed by atoms with van der Waals surface area (Å²) < 4.78 is 16.6. The Morgan fingerprint density at radius 2 is 1.70 bits per heavy atom. The van der Waals surface area contributed by atoms with Crippen LogP contribution in [-0.4, -0.2) is 28.9 Å². The van der Waals surface area contributed by atoms with Gasteiger partial charge in [-0.15, -0.1) is 0 Å². The van der Waals surface area contributed by atoms with E-state index in [1.165, 1.54) is 12.3 Å². The molecule has 5 nitrogen and oxygen atoms in total. The first-order valence-electron chi connectivity index (χ1n) is 6.98. The normalized spacial score (nSPS) is 11.5. The van der Waals surface area contributed by atoms with Gasteiger partial charge >= 0.3 is 5.97 Å². The van der Waals surface area contributed by atoms with Crippen LogP contribution in [0.15, 0.2) is 59.5 Å². The second-order valence-electron chi connectivity index (χ2n) is 4.79. The van der Waals surface area contributed by atoms with E-state index in [9.17, 15) is 13.8 Å². The summed E-state index contributed by atoms with van der Waals surface area (Å²) in [4.78, 5) is 24.1. The Morgan fingerprint density at radius 3 is 2.39 bits per heavy atom. The molecular formula is C17H17NO4S. The zero-order valence-corrected chi connectivity index (χ0v) is 13.5. The first-order chi connectivity index (χ1) is 11.1. The topological polar surface area (TPSA) is 72.5 Å². The van der Waals surface area contributed by atoms with Crippen molar-refractivity contribution < 1.29 is 18.5 Å². The van der Waals surface area contributed by atoms with Crippen LogP contribution >= 0.6 is 0 Å². The van der Waals surface area contributed by atoms with Gasteiger partial charge in [0.25, 0.3) is 5.91 Å². The van der Waals surface area contributed by atoms with E-state index in [0.717, 1.165) is 5.56 Å². The van der Waals surface area contributed by atoms with Crippen molar-refractivity contribution in [3.05, 3.63) is 65.7 Å². The third kappa shape index (κ3) is 5.03. The highest BCUT2D eigenvalue weighted by Gasteiger charge is 2.15. The molecule has 120 valence electrons. The van der Waals surface area contributed by atoms with E-state index >= 15 is 0 Å². The maximum Gasteiger partial charge on any atom is 0.339 e. The number of hydrogen-bond acceptors (Lipinski definition) is 4. The summed E-state index contributed by atoms with van der Waals surface area (Å²) in [5.41, 5.74) is 1.17. The molecule has 2 rings (SSSR count). The number of ether oxygens (including phenoxy) is 1. The van der Waals surface area contributed by atoms with Crippen molar-refractivity contribution in [2.75, 3.05) is 12.9 Å². The van der Waals surface area contributed by atoms with Gasteiger partial charge < -0.3 is 10.1 Å². The zero-order chi connectivity index (χ0) is 16.7. The van der Waals surface area contributed by atoms with Gasteiger partial charge in [-0.05, 0) is 17.7 Å². The Morgan fingerprint density at radius 1 is 1.04 bits per heavy atom. The van der Waals surface area contributed by atoms with Gasteiger partial charge in [-0.25, -0.2) is 4.79 Å². The molecule has 23 heavy (non-hydrogen) atoms. The number of rotatable bonds is 6. The maximum atomic E-state index is 12.0. The van der Waals surface area contributed by atoms with Gasteiger partial charge in [0, 0.05) is 12.8 Å². The Bertz CT molecular complexity index is 716. The third-order valence-electron chi connectivity index (χ3n) is 3.08. The Labute approximate surface area is 137 Å². The summed E-state index contributed by atoms with van der Waals surface area (Å²) in [6.07, 6.45) is 1.48. The molecule has 0 aliphatic rings. The monoisotopic (exact) mass is 331 g/mol. The van der Waals surface area contributed by atoms with Gasteiger partial charge in [0.1, 0.15) is 0 Å². The van der Waals surface area contributed by atoms with Gasteiger partial charge in [0.15, 0.2) is 6.61 Å². The van der Waals surface area contributed by atoms with E-state index in [0.29, 0.717) is 11.4 Å². The minimum absolute atomic E-state index is 0.212. The summed E-state index contributed by atoms with van der Waals surface area (Å²) in [7, 11) is -1.31. The van der Waals surface area contributed by atoms with Gasteiger partial charge in [-0.1, -0.05) is 42.5 Å². The van der Waals surface area contributed by atoms with Crippen LogP contribution in [0.25, 0.3) is 0 Å². The first kappa shape index (κ1) is 16.9. The smallest absolute Gasteiger partial charge is 0.339 e. The molecule has 0 saturated heterocycles. The largest absolute Gasteiger partial charge is 0.452 e. The number of carbonyl (C=O) groups is 2. The van der Waals surface area contributed by atoms with E-state index in [4.69, 9.17) is 4.74 Å². The molecule has 0 bridgehead atoms. The third-order valence-corrected chi connectivity index (χ3v) is 4.06. The van der Waals surface area contributed by atoms with Gasteiger partial charge in [-0.2, -0.15) is 0 Å². The van der Waals surface area contributed by atoms with Crippen molar-refractivity contribution in [2.45, 2.75) is 11.4 Å². The van der Waals surface area contributed by atoms with E-state index in [1.807, 2.05) is 30.3 Å². The predicted octanol–water partition coefficient (Wildman–Crippen LogP) is 1.90. The number of benzene rings is 2. The predicted molar refractivity (Wildman–Crippen MR) is 87.3 cm³/mol. The second kappa shape index (κ2) is 8.24. The molecule has 0 heterocycles. The van der Waals surface area contributed by atoms with Crippen molar-refractivity contribution in [2.24, 2.45) is 0 Å². The van der Waals surface area contributed by atoms with Crippen LogP contribution in [0, 0.1) is 0 Å². The molecule has 1 amide bonds. The van der Waals surface area contributed by atoms with Crippen molar-refractivity contribution in [1.29, 1.82) is 0 Å². The standard InChI is InChI=1S/C17H17NO4S/c1-23(21)15-10-6-5-9-14(15)17(20)22-12-16(19)18-11-13-7-3-2-4-8-13/h2-10H,11-12H2,1H3,(H,18,19)/t23-/m0/s1. The summed E-state index contributed by atoms with van der Waals surface area (Å²) in [5.74, 6) is -1.05. The highest BCUT2D eigenvalue weighted by Crippen LogP contribution is 2.13. The van der Waals surface area contributed by atoms with Gasteiger partial charge in [0.05, 0.1) is 21.3 Å². The van der Waals surface area contributed by atoms with E-state index in [1.54, 1.807) is 18.2 Å². The van der Waals surface area contributed by atoms with Crippen LogP contribution in [-0.2, 0) is 26.9 Å². The van der Waals surface area contributed by atoms with Crippen molar-refractivity contribution in [3.8, 4) is 0 Å². The fourth-order valence-electron chi connectivity index (χ4n) is 1.94. The highest BCUT2D eigenvalue weighted by atomic mass is 32.2. The fourth-order valence-corrected chi connectivity index (χ4v) is 2.67. The summed E-state index contributed by atoms with van der Waals surface area (Å²) in [6, 6.07) is 15.9. The van der Waals surface area contributed by atoms with E-state index in [-0.39, 0.29) is 12.2 Å². The summed E-state index contributed by atoms with van der Waals surface area (Å²) >= 11 is 0. The lowest BCUT2D eigenvalue weighted by Gasteiger charge is -2.08. The molecule has 0 fully saturated rings. The Balaban J connectivity index is 1.87. The van der Waals surface area contributed by atoms with Crippen LogP contribution < -0.4 is 5.32 Å². The van der Waals surface area contributed by atoms with E-state index in [2.05, 4.69) is 5.32 Å². The lowest BCUT2D eigenvalue weighted by molar-refractivity contribution is -0.124. The SMILES string of the molecule is C[S@](=O)c1ccccc1C(=O)OCC(=O)NCc1ccccc1. The number of amides is 1. The molecule has 0 unspecified atom stereocenters. The Hall–Kier alpha value is -2.47. The second-order valence-corrected chi connectivity index (χ2v) is 6.14. The minimum atomic E-state index is -1.31. The van der Waals surface area contributed by atoms with Gasteiger partial charge in [0.2, 0.25) is 0 Å². The van der Waals surface area contributed by atoms with Crippen molar-refractivity contribution in [3.63, 3.8) is 0 Å². The van der Waals surface area contributed by atoms with Gasteiger partial charge in [-0.3, -0.25) is 9.00 Å². The van der Waals surface area contributed by atoms with E-state index < -0.39 is 22.7 Å². The molecular weight excluding hydrogens is 314 g/mol. The van der Waals surface area contributed by atoms with Crippen LogP contribution in [0.3, 0.4) is 0 Å². The number of carbonyl (C=O) groups excluding carboxylic acids is 2. The van der Waals surface area contributed by atoms with Crippen LogP contribution in [0.5, 0.6) is 0 Å². The van der Waals surface area contributed by atoms with Crippen LogP contribution in [0.4, 0.5) is 0 Å². The summed E-state index contributed by atoms with van der Waals surface area (Å²) in [5, 5.41) is 2.67. The number of hydrogen-bond donors (Lipinski definition) is 1. The first-order valence-corrected chi connectivity index (χ1v) is 8.54. The molecule has 0 spiro atoms. The molecule has 0 aliphatic carbocycles. The maximum absolute atomic E-state index is 12.0. The molecule has 0 saturated carbocycles. The highest BCUT2D eigenvalue weighted by molar-refractivity contribution is 7.84.